The third-order valence-electron chi connectivity index (χ3n) is 4.23. The molecule has 0 fully saturated rings. The minimum atomic E-state index is -0.0359. The topological polar surface area (TPSA) is 40.5 Å². The van der Waals surface area contributed by atoms with Crippen molar-refractivity contribution in [2.75, 3.05) is 13.7 Å². The molecule has 4 heteroatoms. The van der Waals surface area contributed by atoms with Gasteiger partial charge in [0.2, 0.25) is 0 Å². The number of carbonyl (C=O) groups is 1. The predicted octanol–water partition coefficient (Wildman–Crippen LogP) is 4.92. The number of hydrogen-bond acceptors (Lipinski definition) is 3. The molecule has 0 saturated heterocycles. The van der Waals surface area contributed by atoms with Crippen LogP contribution in [0.4, 0.5) is 0 Å². The third kappa shape index (κ3) is 4.74. The zero-order chi connectivity index (χ0) is 19.1. The number of ketones is 1. The largest absolute Gasteiger partial charge is 0.496 e. The quantitative estimate of drug-likeness (QED) is 0.422. The van der Waals surface area contributed by atoms with Crippen LogP contribution in [0.3, 0.4) is 0 Å². The summed E-state index contributed by atoms with van der Waals surface area (Å²) in [6.45, 7) is 3.07. The summed E-state index contributed by atoms with van der Waals surface area (Å²) < 4.78 is 12.8. The van der Waals surface area contributed by atoms with E-state index in [-0.39, 0.29) is 5.78 Å². The molecule has 0 saturated carbocycles. The van der Waals surface area contributed by atoms with Gasteiger partial charge in [0.25, 0.3) is 0 Å². The minimum Gasteiger partial charge on any atom is -0.496 e. The van der Waals surface area contributed by atoms with Crippen molar-refractivity contribution in [3.05, 3.63) is 89.8 Å². The van der Waals surface area contributed by atoms with Crippen LogP contribution in [0.5, 0.6) is 5.75 Å². The van der Waals surface area contributed by atoms with E-state index in [4.69, 9.17) is 9.47 Å². The lowest BCUT2D eigenvalue weighted by Crippen LogP contribution is -1.98. The zero-order valence-corrected chi connectivity index (χ0v) is 15.6. The second kappa shape index (κ2) is 9.01. The lowest BCUT2D eigenvalue weighted by Gasteiger charge is -2.09. The molecular formula is C23H23NO3. The number of carbonyl (C=O) groups excluding carboxylic acids is 1. The van der Waals surface area contributed by atoms with Crippen LogP contribution in [0.25, 0.3) is 11.8 Å². The van der Waals surface area contributed by atoms with Crippen LogP contribution >= 0.6 is 0 Å². The van der Waals surface area contributed by atoms with Crippen molar-refractivity contribution in [2.24, 2.45) is 0 Å². The van der Waals surface area contributed by atoms with Gasteiger partial charge < -0.3 is 14.0 Å². The van der Waals surface area contributed by atoms with E-state index in [0.29, 0.717) is 18.8 Å². The van der Waals surface area contributed by atoms with E-state index in [1.165, 1.54) is 0 Å². The number of aromatic nitrogens is 1. The molecule has 138 valence electrons. The molecule has 3 aromatic rings. The number of nitrogens with zero attached hydrogens (tertiary/aromatic N) is 1. The molecule has 27 heavy (non-hydrogen) atoms. The number of hydrogen-bond donors (Lipinski definition) is 0. The van der Waals surface area contributed by atoms with Crippen LogP contribution < -0.4 is 4.74 Å². The Kier molecular flexibility index (Phi) is 6.23. The molecule has 0 amide bonds. The van der Waals surface area contributed by atoms with Gasteiger partial charge in [-0.25, -0.2) is 0 Å². The summed E-state index contributed by atoms with van der Waals surface area (Å²) in [7, 11) is 1.64. The number of benzene rings is 2. The average Bonchev–Trinajstić information content (AvgIpc) is 3.25. The number of rotatable bonds is 8. The molecule has 0 aliphatic carbocycles. The molecule has 0 atom stereocenters. The van der Waals surface area contributed by atoms with Gasteiger partial charge in [-0.3, -0.25) is 4.79 Å². The molecule has 0 bridgehead atoms. The molecule has 1 aromatic heterocycles. The van der Waals surface area contributed by atoms with E-state index in [2.05, 4.69) is 0 Å². The molecule has 0 unspecified atom stereocenters. The SMILES string of the molecule is CCOCc1cc(/C=C/C(=O)c2cccc(-n3cccc3)c2)ccc1OC. The summed E-state index contributed by atoms with van der Waals surface area (Å²) >= 11 is 0. The molecule has 0 aliphatic rings. The van der Waals surface area contributed by atoms with Crippen molar-refractivity contribution < 1.29 is 14.3 Å². The van der Waals surface area contributed by atoms with Crippen molar-refractivity contribution in [3.8, 4) is 11.4 Å². The van der Waals surface area contributed by atoms with Crippen molar-refractivity contribution in [1.82, 2.24) is 4.57 Å². The predicted molar refractivity (Wildman–Crippen MR) is 107 cm³/mol. The first kappa shape index (κ1) is 18.7. The highest BCUT2D eigenvalue weighted by molar-refractivity contribution is 6.07. The molecule has 0 spiro atoms. The zero-order valence-electron chi connectivity index (χ0n) is 15.6. The van der Waals surface area contributed by atoms with Gasteiger partial charge in [-0.1, -0.05) is 24.3 Å². The molecule has 0 aliphatic heterocycles. The lowest BCUT2D eigenvalue weighted by molar-refractivity contribution is 0.104. The van der Waals surface area contributed by atoms with Crippen LogP contribution in [-0.2, 0) is 11.3 Å². The van der Waals surface area contributed by atoms with E-state index in [9.17, 15) is 4.79 Å². The normalized spacial score (nSPS) is 11.0. The maximum absolute atomic E-state index is 12.6. The number of methoxy groups -OCH3 is 1. The summed E-state index contributed by atoms with van der Waals surface area (Å²) in [4.78, 5) is 12.6. The fourth-order valence-corrected chi connectivity index (χ4v) is 2.82. The Morgan fingerprint density at radius 1 is 1.07 bits per heavy atom. The van der Waals surface area contributed by atoms with E-state index >= 15 is 0 Å². The fraction of sp³-hybridized carbons (Fsp3) is 0.174. The molecule has 0 N–H and O–H groups in total. The highest BCUT2D eigenvalue weighted by Gasteiger charge is 2.06. The van der Waals surface area contributed by atoms with Crippen LogP contribution in [0.1, 0.15) is 28.4 Å². The van der Waals surface area contributed by atoms with Crippen LogP contribution in [-0.4, -0.2) is 24.1 Å². The minimum absolute atomic E-state index is 0.0359. The van der Waals surface area contributed by atoms with Crippen molar-refractivity contribution in [1.29, 1.82) is 0 Å². The summed E-state index contributed by atoms with van der Waals surface area (Å²) in [5.41, 5.74) is 3.51. The maximum atomic E-state index is 12.6. The van der Waals surface area contributed by atoms with Crippen molar-refractivity contribution >= 4 is 11.9 Å². The van der Waals surface area contributed by atoms with Gasteiger partial charge in [0.1, 0.15) is 5.75 Å². The van der Waals surface area contributed by atoms with Gasteiger partial charge in [0, 0.05) is 35.8 Å². The van der Waals surface area contributed by atoms with Crippen LogP contribution in [0.15, 0.2) is 73.1 Å². The first-order valence-corrected chi connectivity index (χ1v) is 8.91. The first-order chi connectivity index (χ1) is 13.2. The van der Waals surface area contributed by atoms with Gasteiger partial charge in [0.15, 0.2) is 5.78 Å². The summed E-state index contributed by atoms with van der Waals surface area (Å²) in [6.07, 6.45) is 7.33. The highest BCUT2D eigenvalue weighted by Crippen LogP contribution is 2.22. The van der Waals surface area contributed by atoms with E-state index in [1.54, 1.807) is 13.2 Å². The first-order valence-electron chi connectivity index (χ1n) is 8.91. The molecule has 2 aromatic carbocycles. The Morgan fingerprint density at radius 3 is 2.63 bits per heavy atom. The second-order valence-electron chi connectivity index (χ2n) is 6.05. The summed E-state index contributed by atoms with van der Waals surface area (Å²) in [6, 6.07) is 17.3. The summed E-state index contributed by atoms with van der Waals surface area (Å²) in [5, 5.41) is 0. The third-order valence-corrected chi connectivity index (χ3v) is 4.23. The van der Waals surface area contributed by atoms with Crippen LogP contribution in [0, 0.1) is 0 Å². The Morgan fingerprint density at radius 2 is 1.89 bits per heavy atom. The Labute approximate surface area is 159 Å². The van der Waals surface area contributed by atoms with Crippen molar-refractivity contribution in [2.45, 2.75) is 13.5 Å². The van der Waals surface area contributed by atoms with Gasteiger partial charge in [-0.2, -0.15) is 0 Å². The Bertz CT molecular complexity index is 927. The number of ether oxygens (including phenoxy) is 2. The number of allylic oxidation sites excluding steroid dienone is 1. The van der Waals surface area contributed by atoms with Gasteiger partial charge in [-0.15, -0.1) is 0 Å². The van der Waals surface area contributed by atoms with Gasteiger partial charge >= 0.3 is 0 Å². The van der Waals surface area contributed by atoms with E-state index < -0.39 is 0 Å². The van der Waals surface area contributed by atoms with E-state index in [1.807, 2.05) is 84.6 Å². The maximum Gasteiger partial charge on any atom is 0.185 e. The van der Waals surface area contributed by atoms with Gasteiger partial charge in [0.05, 0.1) is 13.7 Å². The molecule has 1 heterocycles. The fourth-order valence-electron chi connectivity index (χ4n) is 2.82. The monoisotopic (exact) mass is 361 g/mol. The van der Waals surface area contributed by atoms with Gasteiger partial charge in [-0.05, 0) is 55.0 Å². The Hall–Kier alpha value is -3.11. The standard InChI is InChI=1S/C23H23NO3/c1-3-27-17-20-15-18(10-12-23(20)26-2)9-11-22(25)19-7-6-8-21(16-19)24-13-4-5-14-24/h4-16H,3,17H2,1-2H3/b11-9+. The van der Waals surface area contributed by atoms with Crippen molar-refractivity contribution in [3.63, 3.8) is 0 Å². The van der Waals surface area contributed by atoms with E-state index in [0.717, 1.165) is 22.6 Å². The smallest absolute Gasteiger partial charge is 0.185 e. The van der Waals surface area contributed by atoms with Crippen LogP contribution in [0.2, 0.25) is 0 Å². The molecule has 3 rings (SSSR count). The summed E-state index contributed by atoms with van der Waals surface area (Å²) in [5.74, 6) is 0.748. The molecule has 0 radical (unpaired) electrons. The second-order valence-corrected chi connectivity index (χ2v) is 6.05. The molecular weight excluding hydrogens is 338 g/mol. The molecule has 4 nitrogen and oxygen atoms in total. The average molecular weight is 361 g/mol. The highest BCUT2D eigenvalue weighted by atomic mass is 16.5. The lowest BCUT2D eigenvalue weighted by atomic mass is 10.1. The Balaban J connectivity index is 1.78.